The van der Waals surface area contributed by atoms with E-state index in [1.54, 1.807) is 73.0 Å². The van der Waals surface area contributed by atoms with Crippen molar-refractivity contribution in [2.75, 3.05) is 61.2 Å². The van der Waals surface area contributed by atoms with E-state index in [2.05, 4.69) is 25.5 Å². The Morgan fingerprint density at radius 2 is 1.54 bits per heavy atom. The van der Waals surface area contributed by atoms with Crippen molar-refractivity contribution in [1.82, 2.24) is 19.8 Å². The van der Waals surface area contributed by atoms with E-state index in [4.69, 9.17) is 21.1 Å². The fourth-order valence-corrected chi connectivity index (χ4v) is 8.64. The Kier molecular flexibility index (Phi) is 9.67. The normalized spacial score (nSPS) is 16.1. The Hall–Kier alpha value is -5.57. The van der Waals surface area contributed by atoms with E-state index in [0.717, 1.165) is 56.1 Å². The van der Waals surface area contributed by atoms with Crippen LogP contribution in [0, 0.1) is 6.92 Å². The van der Waals surface area contributed by atoms with Crippen molar-refractivity contribution in [2.24, 2.45) is 0 Å². The lowest BCUT2D eigenvalue weighted by atomic mass is 9.97. The van der Waals surface area contributed by atoms with Crippen LogP contribution in [0.5, 0.6) is 5.75 Å². The molecule has 290 valence electrons. The molecule has 2 aliphatic rings. The number of hydrogen-bond donors (Lipinski definition) is 4. The zero-order chi connectivity index (χ0) is 39.5. The molecule has 0 aliphatic carbocycles. The number of halogens is 1. The topological polar surface area (TPSA) is 152 Å². The smallest absolute Gasteiger partial charge is 0.415 e. The molecule has 1 saturated heterocycles. The van der Waals surface area contributed by atoms with Crippen LogP contribution >= 0.6 is 22.9 Å². The third-order valence-electron chi connectivity index (χ3n) is 10.1. The number of hydrogen-bond acceptors (Lipinski definition) is 8. The second kappa shape index (κ2) is 14.5. The van der Waals surface area contributed by atoms with Gasteiger partial charge in [-0.05, 0) is 99.8 Å². The Balaban J connectivity index is 1.02. The van der Waals surface area contributed by atoms with Crippen LogP contribution in [0.25, 0.3) is 31.9 Å². The molecule has 6 aromatic rings. The first-order valence-electron chi connectivity index (χ1n) is 18.4. The van der Waals surface area contributed by atoms with E-state index < -0.39 is 17.8 Å². The van der Waals surface area contributed by atoms with Crippen molar-refractivity contribution in [2.45, 2.75) is 39.2 Å². The van der Waals surface area contributed by atoms with E-state index in [0.29, 0.717) is 59.7 Å². The summed E-state index contributed by atoms with van der Waals surface area (Å²) in [6.07, 6.45) is -0.969. The highest BCUT2D eigenvalue weighted by molar-refractivity contribution is 7.17. The maximum absolute atomic E-state index is 14.3. The van der Waals surface area contributed by atoms with E-state index in [9.17, 15) is 19.2 Å². The van der Waals surface area contributed by atoms with Gasteiger partial charge in [0.15, 0.2) is 5.75 Å². The molecular formula is C41H42ClN7O6S. The van der Waals surface area contributed by atoms with Crippen molar-refractivity contribution in [3.63, 3.8) is 0 Å². The summed E-state index contributed by atoms with van der Waals surface area (Å²) in [5, 5.41) is 10.2. The number of piperazine rings is 1. The van der Waals surface area contributed by atoms with Crippen molar-refractivity contribution < 1.29 is 28.7 Å². The van der Waals surface area contributed by atoms with Crippen molar-refractivity contribution >= 4 is 95.9 Å². The number of aromatic nitrogens is 2. The van der Waals surface area contributed by atoms with E-state index in [1.807, 2.05) is 31.5 Å². The average molecular weight is 796 g/mol. The van der Waals surface area contributed by atoms with Crippen LogP contribution in [-0.2, 0) is 4.74 Å². The van der Waals surface area contributed by atoms with E-state index >= 15 is 0 Å². The Labute approximate surface area is 331 Å². The Morgan fingerprint density at radius 3 is 2.20 bits per heavy atom. The number of nitrogens with one attached hydrogen (secondary N) is 4. The summed E-state index contributed by atoms with van der Waals surface area (Å²) < 4.78 is 12.3. The number of anilines is 3. The lowest BCUT2D eigenvalue weighted by Gasteiger charge is -2.31. The molecule has 0 saturated carbocycles. The van der Waals surface area contributed by atoms with Gasteiger partial charge in [0.2, 0.25) is 0 Å². The number of carbonyl (C=O) groups excluding carboxylic acids is 4. The summed E-state index contributed by atoms with van der Waals surface area (Å²) >= 11 is 8.07. The Morgan fingerprint density at radius 1 is 0.893 bits per heavy atom. The number of amides is 4. The van der Waals surface area contributed by atoms with Crippen LogP contribution in [0.3, 0.4) is 0 Å². The third kappa shape index (κ3) is 7.27. The molecule has 4 amide bonds. The zero-order valence-electron chi connectivity index (χ0n) is 31.7. The van der Waals surface area contributed by atoms with Gasteiger partial charge in [0.25, 0.3) is 11.8 Å². The predicted molar refractivity (Wildman–Crippen MR) is 221 cm³/mol. The summed E-state index contributed by atoms with van der Waals surface area (Å²) in [6, 6.07) is 15.9. The number of aromatic amines is 2. The van der Waals surface area contributed by atoms with Gasteiger partial charge in [0.05, 0.1) is 10.4 Å². The number of H-pyrrole nitrogens is 2. The van der Waals surface area contributed by atoms with E-state index in [-0.39, 0.29) is 17.7 Å². The minimum Gasteiger partial charge on any atom is -0.444 e. The highest BCUT2D eigenvalue weighted by atomic mass is 35.5. The quantitative estimate of drug-likeness (QED) is 0.123. The van der Waals surface area contributed by atoms with Gasteiger partial charge in [0.1, 0.15) is 17.0 Å². The summed E-state index contributed by atoms with van der Waals surface area (Å²) in [4.78, 5) is 65.2. The van der Waals surface area contributed by atoms with E-state index in [1.165, 1.54) is 11.3 Å². The van der Waals surface area contributed by atoms with Crippen LogP contribution in [0.2, 0.25) is 0 Å². The molecule has 15 heteroatoms. The number of benzene rings is 3. The minimum atomic E-state index is -0.632. The molecule has 0 bridgehead atoms. The zero-order valence-corrected chi connectivity index (χ0v) is 33.2. The molecule has 5 heterocycles. The molecule has 8 rings (SSSR count). The van der Waals surface area contributed by atoms with Crippen molar-refractivity contribution in [3.8, 4) is 5.75 Å². The lowest BCUT2D eigenvalue weighted by molar-refractivity contribution is 0.0635. The molecule has 3 aromatic carbocycles. The van der Waals surface area contributed by atoms with Crippen LogP contribution < -0.4 is 20.3 Å². The number of ether oxygens (including phenoxy) is 2. The first-order valence-corrected chi connectivity index (χ1v) is 19.8. The van der Waals surface area contributed by atoms with Gasteiger partial charge < -0.3 is 39.5 Å². The first kappa shape index (κ1) is 37.4. The molecule has 3 aromatic heterocycles. The maximum atomic E-state index is 14.3. The molecule has 0 spiro atoms. The molecule has 13 nitrogen and oxygen atoms in total. The van der Waals surface area contributed by atoms with Crippen molar-refractivity contribution in [1.29, 1.82) is 0 Å². The van der Waals surface area contributed by atoms with Crippen LogP contribution in [0.15, 0.2) is 60.0 Å². The molecule has 56 heavy (non-hydrogen) atoms. The molecule has 0 radical (unpaired) electrons. The van der Waals surface area contributed by atoms with Gasteiger partial charge in [0, 0.05) is 89.2 Å². The number of likely N-dealkylation sites (N-methyl/N-ethyl adjacent to an activating group) is 1. The molecule has 1 fully saturated rings. The molecule has 1 atom stereocenters. The number of fused-ring (bicyclic) bond motifs is 5. The summed E-state index contributed by atoms with van der Waals surface area (Å²) in [7, 11) is 2.03. The predicted octanol–water partition coefficient (Wildman–Crippen LogP) is 8.50. The second-order valence-electron chi connectivity index (χ2n) is 15.4. The van der Waals surface area contributed by atoms with Crippen LogP contribution in [0.4, 0.5) is 26.7 Å². The second-order valence-corrected chi connectivity index (χ2v) is 16.6. The number of alkyl halides is 1. The number of aryl methyl sites for hydroxylation is 1. The van der Waals surface area contributed by atoms with Gasteiger partial charge in [-0.3, -0.25) is 14.9 Å². The summed E-state index contributed by atoms with van der Waals surface area (Å²) in [5.74, 6) is 0.0331. The first-order chi connectivity index (χ1) is 26.7. The maximum Gasteiger partial charge on any atom is 0.415 e. The number of rotatable bonds is 6. The third-order valence-corrected chi connectivity index (χ3v) is 11.6. The lowest BCUT2D eigenvalue weighted by Crippen LogP contribution is -2.48. The van der Waals surface area contributed by atoms with Crippen LogP contribution in [0.1, 0.15) is 58.8 Å². The standard InChI is InChI=1S/C41H42ClN7O6S/c1-22-21-56-36-33(54-40(53)48-12-10-47(5)11-13-48)18-32-35(34(22)36)25(19-42)20-49(32)38(51)31-17-24-14-26(6-8-29(24)46-31)43-37(50)30-16-23-15-27(7-9-28(23)45-30)44-39(52)55-41(2,3)4/h6-9,14-18,21,25,45-46H,10-13,19-20H2,1-5H3,(H,43,50)(H,44,52)/t25-/m1/s1. The van der Waals surface area contributed by atoms with Crippen LogP contribution in [-0.4, -0.2) is 95.0 Å². The highest BCUT2D eigenvalue weighted by Gasteiger charge is 2.37. The number of nitrogens with zero attached hydrogens (tertiary/aromatic N) is 3. The summed E-state index contributed by atoms with van der Waals surface area (Å²) in [5.41, 5.74) is 5.30. The molecular weight excluding hydrogens is 754 g/mol. The van der Waals surface area contributed by atoms with Gasteiger partial charge in [-0.1, -0.05) is 0 Å². The van der Waals surface area contributed by atoms with Crippen molar-refractivity contribution in [3.05, 3.63) is 82.5 Å². The average Bonchev–Trinajstić information content (AvgIpc) is 3.94. The van der Waals surface area contributed by atoms with Gasteiger partial charge >= 0.3 is 12.2 Å². The largest absolute Gasteiger partial charge is 0.444 e. The van der Waals surface area contributed by atoms with Gasteiger partial charge in [-0.15, -0.1) is 22.9 Å². The Bertz CT molecular complexity index is 2540. The SMILES string of the molecule is Cc1csc2c(OC(=O)N3CCN(C)CC3)cc3c(c12)[C@H](CCl)CN3C(=O)c1cc2cc(NC(=O)c3cc4cc(NC(=O)OC(C)(C)C)ccc4[nH]3)ccc2[nH]1. The summed E-state index contributed by atoms with van der Waals surface area (Å²) in [6.45, 7) is 10.5. The fraction of sp³-hybridized carbons (Fsp3) is 0.317. The molecule has 4 N–H and O–H groups in total. The molecule has 0 unspecified atom stereocenters. The fourth-order valence-electron chi connectivity index (χ4n) is 7.37. The highest BCUT2D eigenvalue weighted by Crippen LogP contribution is 2.49. The molecule has 2 aliphatic heterocycles. The minimum absolute atomic E-state index is 0.113. The monoisotopic (exact) mass is 795 g/mol. The number of carbonyl (C=O) groups is 4. The van der Waals surface area contributed by atoms with Gasteiger partial charge in [-0.2, -0.15) is 0 Å². The van der Waals surface area contributed by atoms with Gasteiger partial charge in [-0.25, -0.2) is 9.59 Å². The number of thiophene rings is 1.